The molecule has 0 radical (unpaired) electrons. The molecule has 2 saturated heterocycles. The van der Waals surface area contributed by atoms with Crippen LogP contribution in [-0.4, -0.2) is 114 Å². The number of esters is 2. The Labute approximate surface area is 262 Å². The molecule has 0 aliphatic carbocycles. The molecule has 2 aliphatic rings. The number of nitrogens with zero attached hydrogens (tertiary/aromatic N) is 1. The van der Waals surface area contributed by atoms with Gasteiger partial charge in [0.05, 0.1) is 30.0 Å². The van der Waals surface area contributed by atoms with E-state index in [2.05, 4.69) is 0 Å². The second-order valence-electron chi connectivity index (χ2n) is 13.4. The number of likely N-dealkylation sites (N-methyl/N-ethyl adjacent to an activating group) is 1. The lowest BCUT2D eigenvalue weighted by atomic mass is 9.74. The highest BCUT2D eigenvalue weighted by Crippen LogP contribution is 2.38. The van der Waals surface area contributed by atoms with Crippen molar-refractivity contribution >= 4 is 23.5 Å². The van der Waals surface area contributed by atoms with Gasteiger partial charge in [0.1, 0.15) is 23.4 Å². The summed E-state index contributed by atoms with van der Waals surface area (Å²) in [5.74, 6) is -6.24. The van der Waals surface area contributed by atoms with Gasteiger partial charge in [0, 0.05) is 31.8 Å². The zero-order chi connectivity index (χ0) is 33.9. The number of aliphatic hydroxyl groups is 2. The third-order valence-corrected chi connectivity index (χ3v) is 9.58. The van der Waals surface area contributed by atoms with Crippen LogP contribution < -0.4 is 0 Å². The van der Waals surface area contributed by atoms with Gasteiger partial charge in [-0.25, -0.2) is 0 Å². The van der Waals surface area contributed by atoms with E-state index in [-0.39, 0.29) is 30.8 Å². The van der Waals surface area contributed by atoms with Crippen molar-refractivity contribution in [3.05, 3.63) is 0 Å². The Kier molecular flexibility index (Phi) is 13.1. The second kappa shape index (κ2) is 15.1. The molecule has 0 amide bonds. The molecular formula is C32H55NO11. The number of hydrogen-bond acceptors (Lipinski definition) is 12. The maximum Gasteiger partial charge on any atom is 0.316 e. The molecule has 0 spiro atoms. The largest absolute Gasteiger partial charge is 0.459 e. The van der Waals surface area contributed by atoms with Crippen molar-refractivity contribution in [3.63, 3.8) is 0 Å². The van der Waals surface area contributed by atoms with Crippen molar-refractivity contribution in [1.29, 1.82) is 0 Å². The maximum absolute atomic E-state index is 13.9. The maximum atomic E-state index is 13.9. The van der Waals surface area contributed by atoms with E-state index in [4.69, 9.17) is 23.7 Å². The first-order valence-corrected chi connectivity index (χ1v) is 15.6. The molecule has 2 fully saturated rings. The van der Waals surface area contributed by atoms with Crippen molar-refractivity contribution in [1.82, 2.24) is 4.90 Å². The minimum absolute atomic E-state index is 0.0669. The minimum atomic E-state index is -1.96. The Morgan fingerprint density at radius 2 is 1.64 bits per heavy atom. The number of hydrogen-bond donors (Lipinski definition) is 2. The Bertz CT molecular complexity index is 1030. The van der Waals surface area contributed by atoms with Gasteiger partial charge in [0.25, 0.3) is 0 Å². The van der Waals surface area contributed by atoms with Crippen LogP contribution in [0.15, 0.2) is 0 Å². The number of ketones is 2. The summed E-state index contributed by atoms with van der Waals surface area (Å²) in [6.07, 6.45) is -5.28. The van der Waals surface area contributed by atoms with Gasteiger partial charge in [-0.3, -0.25) is 19.2 Å². The Hall–Kier alpha value is -1.96. The Morgan fingerprint density at radius 1 is 1.05 bits per heavy atom. The van der Waals surface area contributed by atoms with Gasteiger partial charge in [-0.1, -0.05) is 27.7 Å². The number of carbonyl (C=O) groups is 4. The zero-order valence-corrected chi connectivity index (χ0v) is 28.5. The molecule has 0 aromatic heterocycles. The molecule has 0 saturated carbocycles. The third kappa shape index (κ3) is 8.24. The molecule has 254 valence electrons. The van der Waals surface area contributed by atoms with E-state index in [1.54, 1.807) is 27.7 Å². The second-order valence-corrected chi connectivity index (χ2v) is 13.4. The fourth-order valence-electron chi connectivity index (χ4n) is 6.74. The summed E-state index contributed by atoms with van der Waals surface area (Å²) in [5.41, 5.74) is -3.26. The van der Waals surface area contributed by atoms with Crippen LogP contribution in [0, 0.1) is 23.7 Å². The van der Waals surface area contributed by atoms with E-state index in [0.717, 1.165) is 0 Å². The van der Waals surface area contributed by atoms with E-state index in [0.29, 0.717) is 6.42 Å². The molecule has 2 aliphatic heterocycles. The number of methoxy groups -OCH3 is 1. The normalized spacial score (nSPS) is 43.3. The first-order chi connectivity index (χ1) is 20.2. The van der Waals surface area contributed by atoms with Crippen molar-refractivity contribution in [2.75, 3.05) is 21.2 Å². The first kappa shape index (κ1) is 38.2. The third-order valence-electron chi connectivity index (χ3n) is 9.58. The van der Waals surface area contributed by atoms with Gasteiger partial charge in [0.15, 0.2) is 18.2 Å². The monoisotopic (exact) mass is 629 g/mol. The molecule has 44 heavy (non-hydrogen) atoms. The molecule has 0 aromatic rings. The topological polar surface area (TPSA) is 158 Å². The van der Waals surface area contributed by atoms with E-state index in [1.807, 2.05) is 25.9 Å². The number of ether oxygens (including phenoxy) is 5. The average Bonchev–Trinajstić information content (AvgIpc) is 2.95. The molecule has 0 bridgehead atoms. The lowest BCUT2D eigenvalue weighted by Crippen LogP contribution is -2.60. The number of cyclic esters (lactones) is 1. The summed E-state index contributed by atoms with van der Waals surface area (Å²) in [5, 5.41) is 22.4. The summed E-state index contributed by atoms with van der Waals surface area (Å²) in [6.45, 7) is 14.1. The zero-order valence-electron chi connectivity index (χ0n) is 28.5. The molecule has 2 N–H and O–H groups in total. The Morgan fingerprint density at radius 3 is 2.14 bits per heavy atom. The molecule has 12 heteroatoms. The van der Waals surface area contributed by atoms with Crippen LogP contribution in [0.3, 0.4) is 0 Å². The summed E-state index contributed by atoms with van der Waals surface area (Å²) < 4.78 is 30.1. The van der Waals surface area contributed by atoms with Crippen molar-refractivity contribution in [3.8, 4) is 0 Å². The summed E-state index contributed by atoms with van der Waals surface area (Å²) in [4.78, 5) is 55.0. The lowest BCUT2D eigenvalue weighted by molar-refractivity contribution is -0.298. The van der Waals surface area contributed by atoms with E-state index in [9.17, 15) is 29.4 Å². The number of rotatable bonds is 6. The predicted molar refractivity (Wildman–Crippen MR) is 160 cm³/mol. The van der Waals surface area contributed by atoms with Gasteiger partial charge in [-0.2, -0.15) is 0 Å². The number of aliphatic hydroxyl groups excluding tert-OH is 1. The highest BCUT2D eigenvalue weighted by molar-refractivity contribution is 6.00. The molecule has 12 nitrogen and oxygen atoms in total. The van der Waals surface area contributed by atoms with Crippen LogP contribution in [0.1, 0.15) is 81.6 Å². The summed E-state index contributed by atoms with van der Waals surface area (Å²) >= 11 is 0. The molecular weight excluding hydrogens is 574 g/mol. The number of Topliss-reactive ketones (excluding diaryl/α,β-unsaturated/α-hetero) is 2. The quantitative estimate of drug-likeness (QED) is 0.327. The fourth-order valence-corrected chi connectivity index (χ4v) is 6.74. The van der Waals surface area contributed by atoms with Crippen LogP contribution in [0.5, 0.6) is 0 Å². The highest BCUT2D eigenvalue weighted by Gasteiger charge is 2.52. The highest BCUT2D eigenvalue weighted by atomic mass is 16.7. The van der Waals surface area contributed by atoms with Crippen LogP contribution in [-0.2, 0) is 42.9 Å². The summed E-state index contributed by atoms with van der Waals surface area (Å²) in [6, 6.07) is -0.263. The Balaban J connectivity index is 2.68. The first-order valence-electron chi connectivity index (χ1n) is 15.6. The smallest absolute Gasteiger partial charge is 0.316 e. The van der Waals surface area contributed by atoms with Crippen molar-refractivity contribution in [2.24, 2.45) is 23.7 Å². The predicted octanol–water partition coefficient (Wildman–Crippen LogP) is 2.29. The lowest BCUT2D eigenvalue weighted by Gasteiger charge is -2.47. The van der Waals surface area contributed by atoms with Gasteiger partial charge in [-0.05, 0) is 61.1 Å². The van der Waals surface area contributed by atoms with Crippen molar-refractivity contribution < 1.29 is 53.1 Å². The van der Waals surface area contributed by atoms with Crippen LogP contribution in [0.25, 0.3) is 0 Å². The van der Waals surface area contributed by atoms with E-state index in [1.165, 1.54) is 34.8 Å². The molecule has 2 unspecified atom stereocenters. The van der Waals surface area contributed by atoms with Crippen molar-refractivity contribution in [2.45, 2.75) is 136 Å². The summed E-state index contributed by atoms with van der Waals surface area (Å²) in [7, 11) is 5.16. The SMILES string of the molecule is CCC1OC(=O)[C@H](C)C(=O)[C@H](C)[C@@H](OC2O[C@H](C)C[C@H](N(C)C)[C@H]2OC(C)=O)[C@](C)(OC)C[C@@H](C)C(=O)[C@H](C)[C@@H](O)[C@]1(C)O. The van der Waals surface area contributed by atoms with Gasteiger partial charge < -0.3 is 38.8 Å². The molecule has 13 atom stereocenters. The van der Waals surface area contributed by atoms with Gasteiger partial charge in [-0.15, -0.1) is 0 Å². The van der Waals surface area contributed by atoms with Crippen LogP contribution >= 0.6 is 0 Å². The average molecular weight is 630 g/mol. The fraction of sp³-hybridized carbons (Fsp3) is 0.875. The molecule has 2 rings (SSSR count). The molecule has 2 heterocycles. The van der Waals surface area contributed by atoms with Gasteiger partial charge in [0.2, 0.25) is 0 Å². The minimum Gasteiger partial charge on any atom is -0.459 e. The standard InChI is InChI=1S/C32H55NO11/c1-13-23-32(9,39)27(37)18(4)24(35)16(2)15-31(8,40-12)28(19(5)25(36)20(6)29(38)43-23)44-30-26(42-21(7)34)22(33(10)11)14-17(3)41-30/h16-20,22-23,26-28,30,37,39H,13-15H2,1-12H3/t16-,17-,18+,19+,20-,22+,23?,26-,27-,28-,30?,31-,32-/m1/s1. The van der Waals surface area contributed by atoms with E-state index < -0.39 is 83.3 Å². The van der Waals surface area contributed by atoms with Crippen LogP contribution in [0.4, 0.5) is 0 Å². The number of carbonyl (C=O) groups excluding carboxylic acids is 4. The molecule has 0 aromatic carbocycles. The van der Waals surface area contributed by atoms with Crippen LogP contribution in [0.2, 0.25) is 0 Å². The van der Waals surface area contributed by atoms with Gasteiger partial charge >= 0.3 is 11.9 Å². The van der Waals surface area contributed by atoms with E-state index >= 15 is 0 Å².